The molecule has 0 saturated carbocycles. The number of hydrogen-bond acceptors (Lipinski definition) is 3. The van der Waals surface area contributed by atoms with Crippen molar-refractivity contribution < 1.29 is 9.53 Å². The van der Waals surface area contributed by atoms with Crippen molar-refractivity contribution in [2.45, 2.75) is 26.7 Å². The van der Waals surface area contributed by atoms with Crippen molar-refractivity contribution >= 4 is 5.97 Å². The molecule has 0 radical (unpaired) electrons. The van der Waals surface area contributed by atoms with Gasteiger partial charge in [0, 0.05) is 0 Å². The number of rotatable bonds is 6. The molecule has 0 aromatic rings. The lowest BCUT2D eigenvalue weighted by Crippen LogP contribution is -2.12. The van der Waals surface area contributed by atoms with Crippen LogP contribution in [0.5, 0.6) is 0 Å². The molecule has 0 aromatic carbocycles. The average molecular weight is 195 g/mol. The fourth-order valence-corrected chi connectivity index (χ4v) is 1.16. The van der Waals surface area contributed by atoms with Gasteiger partial charge in [0.15, 0.2) is 0 Å². The Morgan fingerprint density at radius 3 is 2.71 bits per heavy atom. The highest BCUT2D eigenvalue weighted by atomic mass is 16.5. The Bertz CT molecular complexity index is 228. The summed E-state index contributed by atoms with van der Waals surface area (Å²) in [5, 5.41) is 8.77. The van der Waals surface area contributed by atoms with Gasteiger partial charge >= 0.3 is 5.97 Å². The van der Waals surface area contributed by atoms with Crippen LogP contribution in [-0.4, -0.2) is 12.6 Å². The Morgan fingerprint density at radius 1 is 1.64 bits per heavy atom. The van der Waals surface area contributed by atoms with Gasteiger partial charge in [0.25, 0.3) is 0 Å². The summed E-state index contributed by atoms with van der Waals surface area (Å²) in [7, 11) is 0. The van der Waals surface area contributed by atoms with E-state index in [0.29, 0.717) is 5.92 Å². The van der Waals surface area contributed by atoms with Crippen molar-refractivity contribution in [2.75, 3.05) is 6.61 Å². The first-order valence-electron chi connectivity index (χ1n) is 4.76. The monoisotopic (exact) mass is 195 g/mol. The van der Waals surface area contributed by atoms with E-state index in [9.17, 15) is 4.79 Å². The molecular formula is C11H17NO2. The van der Waals surface area contributed by atoms with Crippen LogP contribution in [0.4, 0.5) is 0 Å². The molecule has 0 saturated heterocycles. The van der Waals surface area contributed by atoms with E-state index >= 15 is 0 Å². The number of carbonyl (C=O) groups is 1. The Balaban J connectivity index is 3.87. The van der Waals surface area contributed by atoms with Crippen molar-refractivity contribution in [3.8, 4) is 6.07 Å². The minimum Gasteiger partial charge on any atom is -0.461 e. The minimum atomic E-state index is -0.322. The molecule has 1 atom stereocenters. The molecular weight excluding hydrogens is 178 g/mol. The molecule has 0 fully saturated rings. The van der Waals surface area contributed by atoms with Crippen molar-refractivity contribution in [1.29, 1.82) is 5.26 Å². The zero-order chi connectivity index (χ0) is 11.0. The van der Waals surface area contributed by atoms with Gasteiger partial charge in [-0.05, 0) is 12.3 Å². The van der Waals surface area contributed by atoms with E-state index in [1.165, 1.54) is 6.08 Å². The first-order chi connectivity index (χ1) is 6.60. The van der Waals surface area contributed by atoms with Gasteiger partial charge in [-0.15, -0.1) is 0 Å². The lowest BCUT2D eigenvalue weighted by Gasteiger charge is -2.10. The van der Waals surface area contributed by atoms with Gasteiger partial charge in [-0.2, -0.15) is 5.26 Å². The number of ether oxygens (including phenoxy) is 1. The summed E-state index contributed by atoms with van der Waals surface area (Å²) in [6, 6.07) is 2.11. The summed E-state index contributed by atoms with van der Waals surface area (Å²) >= 11 is 0. The summed E-state index contributed by atoms with van der Waals surface area (Å²) in [5.41, 5.74) is 0. The smallest absolute Gasteiger partial charge is 0.307 e. The molecule has 0 amide bonds. The van der Waals surface area contributed by atoms with Crippen LogP contribution in [0.15, 0.2) is 12.7 Å². The molecule has 78 valence electrons. The van der Waals surface area contributed by atoms with Crippen LogP contribution in [0.1, 0.15) is 26.7 Å². The van der Waals surface area contributed by atoms with Gasteiger partial charge in [-0.3, -0.25) is 4.79 Å². The molecule has 0 rings (SSSR count). The molecule has 0 aliphatic heterocycles. The molecule has 0 N–H and O–H groups in total. The third-order valence-corrected chi connectivity index (χ3v) is 1.71. The average Bonchev–Trinajstić information content (AvgIpc) is 2.12. The van der Waals surface area contributed by atoms with Crippen molar-refractivity contribution in [3.63, 3.8) is 0 Å². The van der Waals surface area contributed by atoms with Crippen LogP contribution >= 0.6 is 0 Å². The molecule has 0 aromatic heterocycles. The lowest BCUT2D eigenvalue weighted by molar-refractivity contribution is -0.143. The van der Waals surface area contributed by atoms with E-state index in [2.05, 4.69) is 12.6 Å². The van der Waals surface area contributed by atoms with E-state index in [0.717, 1.165) is 6.42 Å². The fourth-order valence-electron chi connectivity index (χ4n) is 1.16. The predicted octanol–water partition coefficient (Wildman–Crippen LogP) is 2.29. The van der Waals surface area contributed by atoms with Crippen LogP contribution in [-0.2, 0) is 9.53 Å². The van der Waals surface area contributed by atoms with Crippen molar-refractivity contribution in [3.05, 3.63) is 12.7 Å². The maximum absolute atomic E-state index is 11.1. The van der Waals surface area contributed by atoms with Gasteiger partial charge < -0.3 is 4.74 Å². The lowest BCUT2D eigenvalue weighted by atomic mass is 9.96. The molecule has 1 unspecified atom stereocenters. The third-order valence-electron chi connectivity index (χ3n) is 1.71. The second-order valence-electron chi connectivity index (χ2n) is 3.63. The quantitative estimate of drug-likeness (QED) is 0.482. The highest BCUT2D eigenvalue weighted by Crippen LogP contribution is 2.14. The standard InChI is InChI=1S/C11H17NO2/c1-4-5-14-11(13)7-10(8-12)6-9(2)3/h4,9-10H,1,5-7H2,2-3H3. The SMILES string of the molecule is C=CCOC(=O)CC(C#N)CC(C)C. The van der Waals surface area contributed by atoms with Crippen LogP contribution in [0.25, 0.3) is 0 Å². The van der Waals surface area contributed by atoms with Gasteiger partial charge in [-0.1, -0.05) is 26.5 Å². The first kappa shape index (κ1) is 12.7. The number of nitrogens with zero attached hydrogens (tertiary/aromatic N) is 1. The highest BCUT2D eigenvalue weighted by Gasteiger charge is 2.15. The van der Waals surface area contributed by atoms with Gasteiger partial charge in [0.05, 0.1) is 18.4 Å². The first-order valence-corrected chi connectivity index (χ1v) is 4.76. The van der Waals surface area contributed by atoms with E-state index < -0.39 is 0 Å². The summed E-state index contributed by atoms with van der Waals surface area (Å²) in [6.45, 7) is 7.71. The van der Waals surface area contributed by atoms with Gasteiger partial charge in [-0.25, -0.2) is 0 Å². The van der Waals surface area contributed by atoms with Gasteiger partial charge in [0.2, 0.25) is 0 Å². The minimum absolute atomic E-state index is 0.183. The van der Waals surface area contributed by atoms with Crippen LogP contribution in [0.2, 0.25) is 0 Å². The summed E-state index contributed by atoms with van der Waals surface area (Å²) in [4.78, 5) is 11.1. The van der Waals surface area contributed by atoms with Crippen LogP contribution in [0, 0.1) is 23.2 Å². The van der Waals surface area contributed by atoms with E-state index in [1.54, 1.807) is 0 Å². The molecule has 0 aliphatic rings. The second-order valence-corrected chi connectivity index (χ2v) is 3.63. The highest BCUT2D eigenvalue weighted by molar-refractivity contribution is 5.70. The van der Waals surface area contributed by atoms with Crippen molar-refractivity contribution in [1.82, 2.24) is 0 Å². The summed E-state index contributed by atoms with van der Waals surface area (Å²) < 4.78 is 4.80. The maximum atomic E-state index is 11.1. The predicted molar refractivity (Wildman–Crippen MR) is 54.3 cm³/mol. The van der Waals surface area contributed by atoms with E-state index in [1.807, 2.05) is 13.8 Å². The molecule has 0 aliphatic carbocycles. The molecule has 14 heavy (non-hydrogen) atoms. The van der Waals surface area contributed by atoms with E-state index in [4.69, 9.17) is 10.00 Å². The molecule has 3 nitrogen and oxygen atoms in total. The molecule has 3 heteroatoms. The summed E-state index contributed by atoms with van der Waals surface area (Å²) in [6.07, 6.45) is 2.43. The van der Waals surface area contributed by atoms with E-state index in [-0.39, 0.29) is 24.9 Å². The second kappa shape index (κ2) is 7.14. The zero-order valence-electron chi connectivity index (χ0n) is 8.82. The number of nitriles is 1. The third kappa shape index (κ3) is 6.24. The molecule has 0 spiro atoms. The number of hydrogen-bond donors (Lipinski definition) is 0. The Morgan fingerprint density at radius 2 is 2.29 bits per heavy atom. The molecule has 0 heterocycles. The normalized spacial score (nSPS) is 11.9. The van der Waals surface area contributed by atoms with Crippen LogP contribution < -0.4 is 0 Å². The topological polar surface area (TPSA) is 50.1 Å². The zero-order valence-corrected chi connectivity index (χ0v) is 8.82. The fraction of sp³-hybridized carbons (Fsp3) is 0.636. The summed E-state index contributed by atoms with van der Waals surface area (Å²) in [5.74, 6) is -0.128. The Hall–Kier alpha value is -1.30. The van der Waals surface area contributed by atoms with Crippen molar-refractivity contribution in [2.24, 2.45) is 11.8 Å². The van der Waals surface area contributed by atoms with Crippen LogP contribution in [0.3, 0.4) is 0 Å². The Labute approximate surface area is 85.4 Å². The number of carbonyl (C=O) groups excluding carboxylic acids is 1. The van der Waals surface area contributed by atoms with Gasteiger partial charge in [0.1, 0.15) is 6.61 Å². The largest absolute Gasteiger partial charge is 0.461 e. The maximum Gasteiger partial charge on any atom is 0.307 e. The Kier molecular flexibility index (Phi) is 6.47. The number of esters is 1. The molecule has 0 bridgehead atoms.